The predicted molar refractivity (Wildman–Crippen MR) is 150 cm³/mol. The molecule has 0 radical (unpaired) electrons. The Morgan fingerprint density at radius 3 is 2.18 bits per heavy atom. The minimum absolute atomic E-state index is 0.185. The Balaban J connectivity index is 0.00000195. The van der Waals surface area contributed by atoms with Crippen molar-refractivity contribution in [3.05, 3.63) is 87.4 Å². The van der Waals surface area contributed by atoms with Crippen LogP contribution in [0.1, 0.15) is 31.9 Å². The van der Waals surface area contributed by atoms with Crippen LogP contribution < -0.4 is 15.7 Å². The van der Waals surface area contributed by atoms with Crippen LogP contribution in [0, 0.1) is 6.92 Å². The highest BCUT2D eigenvalue weighted by atomic mass is 35.5. The van der Waals surface area contributed by atoms with Crippen LogP contribution >= 0.6 is 11.6 Å². The number of halogens is 1. The highest BCUT2D eigenvalue weighted by Gasteiger charge is 2.23. The number of anilines is 1. The molecule has 38 heavy (non-hydrogen) atoms. The summed E-state index contributed by atoms with van der Waals surface area (Å²) in [6.07, 6.45) is 3.76. The average molecular weight is 535 g/mol. The Bertz CT molecular complexity index is 1410. The Labute approximate surface area is 227 Å². The molecule has 0 unspecified atom stereocenters. The molecule has 0 spiro atoms. The van der Waals surface area contributed by atoms with Gasteiger partial charge in [-0.3, -0.25) is 20.0 Å². The van der Waals surface area contributed by atoms with E-state index in [0.29, 0.717) is 46.0 Å². The molecule has 0 aliphatic carbocycles. The normalized spacial score (nSPS) is 10.3. The molecular weight excluding hydrogens is 504 g/mol. The molecule has 2 aromatic heterocycles. The summed E-state index contributed by atoms with van der Waals surface area (Å²) in [6.45, 7) is 8.43. The van der Waals surface area contributed by atoms with Gasteiger partial charge in [-0.2, -0.15) is 0 Å². The van der Waals surface area contributed by atoms with E-state index >= 15 is 0 Å². The van der Waals surface area contributed by atoms with E-state index in [1.807, 2.05) is 52.0 Å². The van der Waals surface area contributed by atoms with Gasteiger partial charge in [0.15, 0.2) is 5.82 Å². The molecule has 2 aromatic carbocycles. The zero-order valence-corrected chi connectivity index (χ0v) is 22.9. The number of benzene rings is 2. The molecule has 0 atom stereocenters. The Kier molecular flexibility index (Phi) is 9.95. The lowest BCUT2D eigenvalue weighted by Gasteiger charge is -2.22. The first kappa shape index (κ1) is 28.3. The molecule has 0 saturated carbocycles. The van der Waals surface area contributed by atoms with Crippen molar-refractivity contribution in [3.8, 4) is 28.3 Å². The van der Waals surface area contributed by atoms with E-state index in [4.69, 9.17) is 16.3 Å². The number of nitrogens with one attached hydrogen (secondary N) is 1. The number of ether oxygens (including phenoxy) is 1. The molecule has 0 bridgehead atoms. The summed E-state index contributed by atoms with van der Waals surface area (Å²) in [5, 5.41) is 6.50. The van der Waals surface area contributed by atoms with Crippen LogP contribution in [0.25, 0.3) is 22.3 Å². The number of hydrogen-bond acceptors (Lipinski definition) is 7. The number of hydrogen-bond donors (Lipinski definition) is 1. The lowest BCUT2D eigenvalue weighted by Crippen LogP contribution is -2.33. The first-order chi connectivity index (χ1) is 18.4. The van der Waals surface area contributed by atoms with Crippen molar-refractivity contribution in [1.82, 2.24) is 24.8 Å². The second-order valence-corrected chi connectivity index (χ2v) is 8.45. The number of hydrazine groups is 1. The van der Waals surface area contributed by atoms with Crippen LogP contribution in [0.4, 0.5) is 5.82 Å². The Morgan fingerprint density at radius 1 is 1.00 bits per heavy atom. The second kappa shape index (κ2) is 13.3. The zero-order chi connectivity index (χ0) is 27.7. The quantitative estimate of drug-likeness (QED) is 0.232. The van der Waals surface area contributed by atoms with Gasteiger partial charge in [-0.15, -0.1) is 5.10 Å². The molecule has 0 saturated heterocycles. The van der Waals surface area contributed by atoms with Gasteiger partial charge in [-0.25, -0.2) is 14.6 Å². The van der Waals surface area contributed by atoms with Crippen LogP contribution in [0.2, 0.25) is 5.02 Å². The highest BCUT2D eigenvalue weighted by Crippen LogP contribution is 2.35. The van der Waals surface area contributed by atoms with Gasteiger partial charge in [0.05, 0.1) is 19.2 Å². The van der Waals surface area contributed by atoms with Crippen molar-refractivity contribution in [3.63, 3.8) is 0 Å². The van der Waals surface area contributed by atoms with E-state index in [0.717, 1.165) is 11.1 Å². The van der Waals surface area contributed by atoms with Gasteiger partial charge >= 0.3 is 6.01 Å². The first-order valence-corrected chi connectivity index (χ1v) is 12.6. The fourth-order valence-corrected chi connectivity index (χ4v) is 3.78. The van der Waals surface area contributed by atoms with Gasteiger partial charge in [0.25, 0.3) is 5.56 Å². The summed E-state index contributed by atoms with van der Waals surface area (Å²) in [4.78, 5) is 34.0. The smallest absolute Gasteiger partial charge is 0.316 e. The van der Waals surface area contributed by atoms with Gasteiger partial charge in [-0.05, 0) is 37.1 Å². The summed E-state index contributed by atoms with van der Waals surface area (Å²) in [7, 11) is 1.47. The van der Waals surface area contributed by atoms with E-state index in [1.54, 1.807) is 36.7 Å². The van der Waals surface area contributed by atoms with E-state index in [9.17, 15) is 9.59 Å². The molecule has 0 aliphatic rings. The number of carbonyl (C=O) groups excluding carboxylic acids is 1. The summed E-state index contributed by atoms with van der Waals surface area (Å²) in [5.41, 5.74) is 6.72. The molecule has 4 aromatic rings. The molecule has 1 amide bonds. The van der Waals surface area contributed by atoms with E-state index in [2.05, 4.69) is 20.5 Å². The molecule has 0 aliphatic heterocycles. The number of aromatic nitrogens is 4. The molecule has 4 rings (SSSR count). The molecule has 198 valence electrons. The maximum atomic E-state index is 13.9. The number of rotatable bonds is 9. The Morgan fingerprint density at radius 2 is 1.63 bits per heavy atom. The topological polar surface area (TPSA) is 102 Å². The van der Waals surface area contributed by atoms with Gasteiger partial charge in [0.2, 0.25) is 6.41 Å². The second-order valence-electron chi connectivity index (χ2n) is 8.02. The molecule has 2 heterocycles. The fraction of sp³-hybridized carbons (Fsp3) is 0.250. The molecule has 1 N–H and O–H groups in total. The van der Waals surface area contributed by atoms with Crippen LogP contribution in [0.3, 0.4) is 0 Å². The zero-order valence-electron chi connectivity index (χ0n) is 22.1. The minimum Gasteiger partial charge on any atom is -0.467 e. The van der Waals surface area contributed by atoms with Gasteiger partial charge in [0, 0.05) is 35.1 Å². The summed E-state index contributed by atoms with van der Waals surface area (Å²) in [5.74, 6) is 0.300. The molecule has 9 nitrogen and oxygen atoms in total. The summed E-state index contributed by atoms with van der Waals surface area (Å²) < 4.78 is 6.47. The first-order valence-electron chi connectivity index (χ1n) is 12.2. The monoisotopic (exact) mass is 534 g/mol. The Hall–Kier alpha value is -4.24. The van der Waals surface area contributed by atoms with Crippen LogP contribution in [-0.4, -0.2) is 44.8 Å². The number of carbonyl (C=O) groups is 1. The predicted octanol–water partition coefficient (Wildman–Crippen LogP) is 5.22. The van der Waals surface area contributed by atoms with Crippen molar-refractivity contribution in [1.29, 1.82) is 0 Å². The van der Waals surface area contributed by atoms with E-state index in [-0.39, 0.29) is 18.1 Å². The average Bonchev–Trinajstić information content (AvgIpc) is 2.96. The molecule has 10 heteroatoms. The van der Waals surface area contributed by atoms with Gasteiger partial charge < -0.3 is 4.74 Å². The van der Waals surface area contributed by atoms with E-state index < -0.39 is 0 Å². The number of aryl methyl sites for hydroxylation is 1. The maximum Gasteiger partial charge on any atom is 0.316 e. The van der Waals surface area contributed by atoms with Crippen molar-refractivity contribution < 1.29 is 9.53 Å². The third-order valence-electron chi connectivity index (χ3n) is 5.56. The largest absolute Gasteiger partial charge is 0.467 e. The van der Waals surface area contributed by atoms with Gasteiger partial charge in [0.1, 0.15) is 0 Å². The van der Waals surface area contributed by atoms with Crippen molar-refractivity contribution in [2.75, 3.05) is 19.1 Å². The van der Waals surface area contributed by atoms with Gasteiger partial charge in [-0.1, -0.05) is 67.4 Å². The van der Waals surface area contributed by atoms with E-state index in [1.165, 1.54) is 16.8 Å². The lowest BCUT2D eigenvalue weighted by atomic mass is 9.98. The third-order valence-corrected chi connectivity index (χ3v) is 5.81. The maximum absolute atomic E-state index is 13.9. The standard InChI is InChI=1S/C26H25ClN6O3.C2H6/c1-4-32(16-34)30-24-22(20-13-28-26(36-3)29-14-20)23(19-9-11-21(27)12-10-19)25(35)33(31-24)15-18-7-5-17(2)6-8-18;1-2/h5-14,16H,4,15H2,1-3H3,(H,30,31);1-2H3. The number of nitrogens with zero attached hydrogens (tertiary/aromatic N) is 5. The van der Waals surface area contributed by atoms with Crippen LogP contribution in [0.15, 0.2) is 65.7 Å². The summed E-state index contributed by atoms with van der Waals surface area (Å²) in [6, 6.07) is 15.0. The highest BCUT2D eigenvalue weighted by molar-refractivity contribution is 6.30. The third kappa shape index (κ3) is 6.54. The van der Waals surface area contributed by atoms with Crippen molar-refractivity contribution in [2.45, 2.75) is 34.2 Å². The van der Waals surface area contributed by atoms with Crippen LogP contribution in [0.5, 0.6) is 6.01 Å². The summed E-state index contributed by atoms with van der Waals surface area (Å²) >= 11 is 6.13. The molecule has 0 fully saturated rings. The fourth-order valence-electron chi connectivity index (χ4n) is 3.65. The van der Waals surface area contributed by atoms with Crippen molar-refractivity contribution >= 4 is 23.8 Å². The SMILES string of the molecule is CC.CCN(C=O)Nc1nn(Cc2ccc(C)cc2)c(=O)c(-c2ccc(Cl)cc2)c1-c1cnc(OC)nc1. The number of amides is 1. The number of methoxy groups -OCH3 is 1. The van der Waals surface area contributed by atoms with Crippen LogP contribution in [-0.2, 0) is 11.3 Å². The lowest BCUT2D eigenvalue weighted by molar-refractivity contribution is -0.116. The van der Waals surface area contributed by atoms with Crippen molar-refractivity contribution in [2.24, 2.45) is 0 Å². The minimum atomic E-state index is -0.316. The molecular formula is C28H31ClN6O3.